The highest BCUT2D eigenvalue weighted by molar-refractivity contribution is 5.65. The van der Waals surface area contributed by atoms with Gasteiger partial charge in [0.25, 0.3) is 0 Å². The van der Waals surface area contributed by atoms with Gasteiger partial charge in [0, 0.05) is 24.5 Å². The first kappa shape index (κ1) is 15.4. The van der Waals surface area contributed by atoms with Crippen LogP contribution in [-0.4, -0.2) is 21.5 Å². The van der Waals surface area contributed by atoms with Crippen molar-refractivity contribution in [3.8, 4) is 17.5 Å². The second kappa shape index (κ2) is 7.20. The molecule has 2 N–H and O–H groups in total. The second-order valence-corrected chi connectivity index (χ2v) is 5.02. The van der Waals surface area contributed by atoms with E-state index in [0.717, 1.165) is 23.6 Å². The van der Waals surface area contributed by atoms with Crippen LogP contribution in [0.5, 0.6) is 0 Å². The van der Waals surface area contributed by atoms with Gasteiger partial charge in [-0.3, -0.25) is 4.98 Å². The van der Waals surface area contributed by atoms with Gasteiger partial charge in [0.2, 0.25) is 5.95 Å². The van der Waals surface area contributed by atoms with E-state index in [4.69, 9.17) is 5.26 Å². The minimum atomic E-state index is 0.527. The topological polar surface area (TPSA) is 86.5 Å². The van der Waals surface area contributed by atoms with Gasteiger partial charge < -0.3 is 10.6 Å². The van der Waals surface area contributed by atoms with Crippen LogP contribution in [0.4, 0.5) is 17.5 Å². The standard InChI is InChI=1S/C18H16N6/c1-2-20-18-23-16(15-8-3-4-9-21-15)11-17(24-18)22-14-7-5-6-13(10-14)12-19/h3-11H,2H2,1H3,(H2,20,22,23,24). The van der Waals surface area contributed by atoms with Crippen molar-refractivity contribution in [2.45, 2.75) is 6.92 Å². The lowest BCUT2D eigenvalue weighted by Crippen LogP contribution is -2.05. The van der Waals surface area contributed by atoms with Gasteiger partial charge in [-0.25, -0.2) is 4.98 Å². The number of hydrogen-bond acceptors (Lipinski definition) is 6. The maximum absolute atomic E-state index is 9.01. The first-order chi connectivity index (χ1) is 11.8. The summed E-state index contributed by atoms with van der Waals surface area (Å²) in [6.45, 7) is 2.70. The molecule has 0 aliphatic carbocycles. The van der Waals surface area contributed by atoms with Crippen molar-refractivity contribution in [1.29, 1.82) is 5.26 Å². The minimum absolute atomic E-state index is 0.527. The highest BCUT2D eigenvalue weighted by Gasteiger charge is 2.08. The summed E-state index contributed by atoms with van der Waals surface area (Å²) in [5, 5.41) is 15.4. The fourth-order valence-electron chi connectivity index (χ4n) is 2.21. The summed E-state index contributed by atoms with van der Waals surface area (Å²) in [5.41, 5.74) is 2.88. The third kappa shape index (κ3) is 3.65. The van der Waals surface area contributed by atoms with E-state index in [2.05, 4.69) is 31.7 Å². The van der Waals surface area contributed by atoms with E-state index in [0.29, 0.717) is 17.3 Å². The van der Waals surface area contributed by atoms with Crippen LogP contribution in [0.1, 0.15) is 12.5 Å². The normalized spacial score (nSPS) is 10.0. The van der Waals surface area contributed by atoms with Crippen LogP contribution in [0.3, 0.4) is 0 Å². The molecule has 0 bridgehead atoms. The van der Waals surface area contributed by atoms with E-state index in [-0.39, 0.29) is 0 Å². The van der Waals surface area contributed by atoms with Crippen LogP contribution in [-0.2, 0) is 0 Å². The number of benzene rings is 1. The molecule has 0 aliphatic rings. The van der Waals surface area contributed by atoms with E-state index in [1.807, 2.05) is 43.3 Å². The number of nitriles is 1. The zero-order chi connectivity index (χ0) is 16.8. The number of anilines is 3. The predicted octanol–water partition coefficient (Wildman–Crippen LogP) is 3.59. The van der Waals surface area contributed by atoms with Crippen molar-refractivity contribution in [2.24, 2.45) is 0 Å². The molecule has 0 spiro atoms. The summed E-state index contributed by atoms with van der Waals surface area (Å²) in [6, 6.07) is 16.9. The number of hydrogen-bond donors (Lipinski definition) is 2. The van der Waals surface area contributed by atoms with Gasteiger partial charge in [0.15, 0.2) is 0 Å². The quantitative estimate of drug-likeness (QED) is 0.748. The molecule has 0 unspecified atom stereocenters. The zero-order valence-corrected chi connectivity index (χ0v) is 13.2. The molecule has 2 heterocycles. The molecule has 0 saturated heterocycles. The molecular weight excluding hydrogens is 300 g/mol. The van der Waals surface area contributed by atoms with Crippen molar-refractivity contribution in [3.05, 3.63) is 60.3 Å². The second-order valence-electron chi connectivity index (χ2n) is 5.02. The Kier molecular flexibility index (Phi) is 4.63. The molecular formula is C18H16N6. The lowest BCUT2D eigenvalue weighted by atomic mass is 10.2. The van der Waals surface area contributed by atoms with Gasteiger partial charge in [0.1, 0.15) is 5.82 Å². The van der Waals surface area contributed by atoms with Crippen LogP contribution in [0, 0.1) is 11.3 Å². The summed E-state index contributed by atoms with van der Waals surface area (Å²) in [7, 11) is 0. The van der Waals surface area contributed by atoms with Crippen LogP contribution in [0.15, 0.2) is 54.7 Å². The van der Waals surface area contributed by atoms with Crippen LogP contribution in [0.2, 0.25) is 0 Å². The highest BCUT2D eigenvalue weighted by atomic mass is 15.1. The molecule has 0 aliphatic heterocycles. The molecule has 24 heavy (non-hydrogen) atoms. The van der Waals surface area contributed by atoms with Crippen molar-refractivity contribution >= 4 is 17.5 Å². The van der Waals surface area contributed by atoms with E-state index in [1.165, 1.54) is 0 Å². The molecule has 6 nitrogen and oxygen atoms in total. The lowest BCUT2D eigenvalue weighted by molar-refractivity contribution is 1.08. The van der Waals surface area contributed by atoms with Crippen LogP contribution >= 0.6 is 0 Å². The Balaban J connectivity index is 1.97. The predicted molar refractivity (Wildman–Crippen MR) is 93.9 cm³/mol. The average Bonchev–Trinajstić information content (AvgIpc) is 2.63. The van der Waals surface area contributed by atoms with Crippen molar-refractivity contribution in [3.63, 3.8) is 0 Å². The van der Waals surface area contributed by atoms with E-state index in [1.54, 1.807) is 18.3 Å². The third-order valence-electron chi connectivity index (χ3n) is 3.25. The lowest BCUT2D eigenvalue weighted by Gasteiger charge is -2.10. The SMILES string of the molecule is CCNc1nc(Nc2cccc(C#N)c2)cc(-c2ccccn2)n1. The van der Waals surface area contributed by atoms with Crippen molar-refractivity contribution in [1.82, 2.24) is 15.0 Å². The smallest absolute Gasteiger partial charge is 0.225 e. The number of aromatic nitrogens is 3. The first-order valence-electron chi connectivity index (χ1n) is 7.60. The summed E-state index contributed by atoms with van der Waals surface area (Å²) >= 11 is 0. The monoisotopic (exact) mass is 316 g/mol. The highest BCUT2D eigenvalue weighted by Crippen LogP contribution is 2.22. The molecule has 1 aromatic carbocycles. The molecule has 0 atom stereocenters. The van der Waals surface area contributed by atoms with Gasteiger partial charge in [-0.15, -0.1) is 0 Å². The summed E-state index contributed by atoms with van der Waals surface area (Å²) in [6.07, 6.45) is 1.73. The van der Waals surface area contributed by atoms with Gasteiger partial charge >= 0.3 is 0 Å². The Morgan fingerprint density at radius 2 is 1.96 bits per heavy atom. The molecule has 0 amide bonds. The Morgan fingerprint density at radius 3 is 2.71 bits per heavy atom. The number of nitrogens with zero attached hydrogens (tertiary/aromatic N) is 4. The Bertz CT molecular complexity index is 870. The molecule has 0 radical (unpaired) electrons. The average molecular weight is 316 g/mol. The molecule has 0 saturated carbocycles. The minimum Gasteiger partial charge on any atom is -0.354 e. The van der Waals surface area contributed by atoms with Crippen molar-refractivity contribution < 1.29 is 0 Å². The van der Waals surface area contributed by atoms with E-state index in [9.17, 15) is 0 Å². The Labute approximate surface area is 140 Å². The van der Waals surface area contributed by atoms with Gasteiger partial charge in [-0.1, -0.05) is 12.1 Å². The fourth-order valence-corrected chi connectivity index (χ4v) is 2.21. The Morgan fingerprint density at radius 1 is 1.04 bits per heavy atom. The van der Waals surface area contributed by atoms with E-state index < -0.39 is 0 Å². The van der Waals surface area contributed by atoms with Gasteiger partial charge in [-0.05, 0) is 37.3 Å². The zero-order valence-electron chi connectivity index (χ0n) is 13.2. The van der Waals surface area contributed by atoms with E-state index >= 15 is 0 Å². The number of pyridine rings is 1. The third-order valence-corrected chi connectivity index (χ3v) is 3.25. The maximum Gasteiger partial charge on any atom is 0.225 e. The first-order valence-corrected chi connectivity index (χ1v) is 7.60. The van der Waals surface area contributed by atoms with Crippen LogP contribution in [0.25, 0.3) is 11.4 Å². The number of rotatable bonds is 5. The maximum atomic E-state index is 9.01. The van der Waals surface area contributed by atoms with Crippen LogP contribution < -0.4 is 10.6 Å². The number of nitrogens with one attached hydrogen (secondary N) is 2. The summed E-state index contributed by atoms with van der Waals surface area (Å²) in [4.78, 5) is 13.3. The summed E-state index contributed by atoms with van der Waals surface area (Å²) < 4.78 is 0. The molecule has 2 aromatic heterocycles. The van der Waals surface area contributed by atoms with Crippen molar-refractivity contribution in [2.75, 3.05) is 17.2 Å². The molecule has 3 rings (SSSR count). The molecule has 118 valence electrons. The fraction of sp³-hybridized carbons (Fsp3) is 0.111. The largest absolute Gasteiger partial charge is 0.354 e. The molecule has 0 fully saturated rings. The van der Waals surface area contributed by atoms with Gasteiger partial charge in [-0.2, -0.15) is 10.2 Å². The summed E-state index contributed by atoms with van der Waals surface area (Å²) in [5.74, 6) is 1.16. The molecule has 3 aromatic rings. The molecule has 6 heteroatoms. The van der Waals surface area contributed by atoms with Gasteiger partial charge in [0.05, 0.1) is 23.0 Å². The Hall–Kier alpha value is -3.46.